The van der Waals surface area contributed by atoms with Gasteiger partial charge in [0.25, 0.3) is 0 Å². The van der Waals surface area contributed by atoms with Crippen molar-refractivity contribution in [1.82, 2.24) is 9.97 Å². The van der Waals surface area contributed by atoms with Gasteiger partial charge in [-0.2, -0.15) is 0 Å². The first-order valence-electron chi connectivity index (χ1n) is 9.72. The molecule has 0 aliphatic carbocycles. The molecule has 3 aromatic carbocycles. The van der Waals surface area contributed by atoms with Crippen LogP contribution in [0.25, 0.3) is 21.8 Å². The van der Waals surface area contributed by atoms with Gasteiger partial charge in [0.05, 0.1) is 16.1 Å². The van der Waals surface area contributed by atoms with Crippen molar-refractivity contribution < 1.29 is 4.39 Å². The van der Waals surface area contributed by atoms with Crippen molar-refractivity contribution in [2.75, 3.05) is 5.32 Å². The predicted molar refractivity (Wildman–Crippen MR) is 139 cm³/mol. The van der Waals surface area contributed by atoms with Crippen LogP contribution < -0.4 is 5.32 Å². The molecular formula is C26H21Cl3FN3. The largest absolute Gasteiger partial charge is 0.380 e. The Balaban J connectivity index is 0.000000202. The Morgan fingerprint density at radius 1 is 0.697 bits per heavy atom. The second-order valence-electron chi connectivity index (χ2n) is 6.95. The van der Waals surface area contributed by atoms with Crippen molar-refractivity contribution in [2.45, 2.75) is 14.0 Å². The number of nitrogens with zero attached hydrogens (tertiary/aromatic N) is 2. The smallest absolute Gasteiger partial charge is 0.123 e. The van der Waals surface area contributed by atoms with E-state index in [1.165, 1.54) is 12.1 Å². The van der Waals surface area contributed by atoms with Gasteiger partial charge in [0.15, 0.2) is 0 Å². The molecule has 168 valence electrons. The zero-order chi connectivity index (χ0) is 22.5. The van der Waals surface area contributed by atoms with E-state index in [9.17, 15) is 4.39 Å². The summed E-state index contributed by atoms with van der Waals surface area (Å²) in [6.07, 6.45) is 3.41. The normalized spacial score (nSPS) is 10.3. The van der Waals surface area contributed by atoms with Gasteiger partial charge >= 0.3 is 0 Å². The number of pyridine rings is 2. The van der Waals surface area contributed by atoms with Crippen molar-refractivity contribution >= 4 is 62.3 Å². The minimum absolute atomic E-state index is 0. The van der Waals surface area contributed by atoms with E-state index in [2.05, 4.69) is 15.3 Å². The summed E-state index contributed by atoms with van der Waals surface area (Å²) in [6.45, 7) is 0.627. The maximum absolute atomic E-state index is 12.9. The van der Waals surface area contributed by atoms with E-state index in [-0.39, 0.29) is 13.2 Å². The lowest BCUT2D eigenvalue weighted by molar-refractivity contribution is 0.627. The van der Waals surface area contributed by atoms with E-state index < -0.39 is 0 Å². The molecule has 0 saturated heterocycles. The second kappa shape index (κ2) is 11.3. The van der Waals surface area contributed by atoms with Crippen LogP contribution in [0.15, 0.2) is 85.2 Å². The van der Waals surface area contributed by atoms with Crippen molar-refractivity contribution in [1.29, 1.82) is 0 Å². The average molecular weight is 501 g/mol. The monoisotopic (exact) mass is 499 g/mol. The predicted octanol–water partition coefficient (Wildman–Crippen LogP) is 8.82. The van der Waals surface area contributed by atoms with Gasteiger partial charge in [-0.3, -0.25) is 9.97 Å². The molecule has 0 aliphatic heterocycles. The molecule has 0 spiro atoms. The molecule has 3 nitrogen and oxygen atoms in total. The molecule has 5 aromatic rings. The minimum Gasteiger partial charge on any atom is -0.380 e. The van der Waals surface area contributed by atoms with Gasteiger partial charge in [-0.1, -0.05) is 54.4 Å². The van der Waals surface area contributed by atoms with Crippen molar-refractivity contribution in [2.24, 2.45) is 0 Å². The van der Waals surface area contributed by atoms with Gasteiger partial charge in [-0.25, -0.2) is 4.39 Å². The number of hydrogen-bond acceptors (Lipinski definition) is 3. The summed E-state index contributed by atoms with van der Waals surface area (Å²) in [4.78, 5) is 8.43. The third-order valence-corrected chi connectivity index (χ3v) is 5.55. The molecule has 2 aromatic heterocycles. The summed E-state index contributed by atoms with van der Waals surface area (Å²) in [7, 11) is 0. The summed E-state index contributed by atoms with van der Waals surface area (Å²) in [5.74, 6) is -0.224. The number of anilines is 1. The maximum atomic E-state index is 12.9. The van der Waals surface area contributed by atoms with Crippen molar-refractivity contribution in [3.05, 3.63) is 112 Å². The first-order chi connectivity index (χ1) is 15.5. The molecule has 2 heterocycles. The minimum atomic E-state index is -0.224. The van der Waals surface area contributed by atoms with Crippen molar-refractivity contribution in [3.8, 4) is 0 Å². The van der Waals surface area contributed by atoms with Gasteiger partial charge < -0.3 is 5.32 Å². The lowest BCUT2D eigenvalue weighted by Gasteiger charge is -2.09. The Hall–Kier alpha value is -2.92. The Morgan fingerprint density at radius 2 is 1.27 bits per heavy atom. The van der Waals surface area contributed by atoms with Crippen LogP contribution in [0.2, 0.25) is 15.1 Å². The SMILES string of the molecule is C.Clc1ccc2c(Cl)ccnc2c1.Fc1ccc(CNc2ccnc3cc(Cl)ccc23)cc1. The van der Waals surface area contributed by atoms with Crippen LogP contribution in [0.3, 0.4) is 0 Å². The van der Waals surface area contributed by atoms with E-state index in [0.717, 1.165) is 33.1 Å². The lowest BCUT2D eigenvalue weighted by Crippen LogP contribution is -2.00. The van der Waals surface area contributed by atoms with Crippen LogP contribution in [0.5, 0.6) is 0 Å². The zero-order valence-electron chi connectivity index (χ0n) is 16.7. The summed E-state index contributed by atoms with van der Waals surface area (Å²) in [5, 5.41) is 7.33. The van der Waals surface area contributed by atoms with Gasteiger partial charge in [-0.15, -0.1) is 0 Å². The molecular weight excluding hydrogens is 480 g/mol. The number of fused-ring (bicyclic) bond motifs is 2. The standard InChI is InChI=1S/C16H12ClFN2.C9H5Cl2N.CH4/c17-12-3-6-14-15(7-8-19-16(14)9-12)20-10-11-1-4-13(18)5-2-11;10-6-1-2-7-8(11)3-4-12-9(7)5-6;/h1-9H,10H2,(H,19,20);1-5H;1H4. The quantitative estimate of drug-likeness (QED) is 0.269. The molecule has 7 heteroatoms. The molecule has 0 radical (unpaired) electrons. The van der Waals surface area contributed by atoms with E-state index in [0.29, 0.717) is 21.6 Å². The van der Waals surface area contributed by atoms with Crippen LogP contribution in [-0.4, -0.2) is 9.97 Å². The second-order valence-corrected chi connectivity index (χ2v) is 8.23. The number of benzene rings is 3. The van der Waals surface area contributed by atoms with E-state index in [1.807, 2.05) is 30.3 Å². The van der Waals surface area contributed by atoms with Crippen LogP contribution in [0.1, 0.15) is 13.0 Å². The van der Waals surface area contributed by atoms with Gasteiger partial charge in [0, 0.05) is 45.4 Å². The zero-order valence-corrected chi connectivity index (χ0v) is 19.0. The third kappa shape index (κ3) is 6.32. The van der Waals surface area contributed by atoms with Crippen LogP contribution >= 0.6 is 34.8 Å². The molecule has 0 unspecified atom stereocenters. The Morgan fingerprint density at radius 3 is 1.94 bits per heavy atom. The highest BCUT2D eigenvalue weighted by atomic mass is 35.5. The summed E-state index contributed by atoms with van der Waals surface area (Å²) >= 11 is 17.7. The first kappa shape index (κ1) is 24.7. The van der Waals surface area contributed by atoms with Gasteiger partial charge in [0.2, 0.25) is 0 Å². The average Bonchev–Trinajstić information content (AvgIpc) is 2.79. The van der Waals surface area contributed by atoms with E-state index >= 15 is 0 Å². The number of nitrogens with one attached hydrogen (secondary N) is 1. The summed E-state index contributed by atoms with van der Waals surface area (Å²) in [5.41, 5.74) is 3.68. The van der Waals surface area contributed by atoms with Crippen LogP contribution in [0.4, 0.5) is 10.1 Å². The molecule has 1 N–H and O–H groups in total. The number of aromatic nitrogens is 2. The lowest BCUT2D eigenvalue weighted by atomic mass is 10.1. The molecule has 0 atom stereocenters. The summed E-state index contributed by atoms with van der Waals surface area (Å²) < 4.78 is 12.9. The van der Waals surface area contributed by atoms with Crippen molar-refractivity contribution in [3.63, 3.8) is 0 Å². The molecule has 0 amide bonds. The van der Waals surface area contributed by atoms with Crippen LogP contribution in [0, 0.1) is 5.82 Å². The Kier molecular flexibility index (Phi) is 8.45. The highest BCUT2D eigenvalue weighted by Crippen LogP contribution is 2.25. The first-order valence-corrected chi connectivity index (χ1v) is 10.9. The van der Waals surface area contributed by atoms with Gasteiger partial charge in [0.1, 0.15) is 5.82 Å². The highest BCUT2D eigenvalue weighted by Gasteiger charge is 2.03. The maximum Gasteiger partial charge on any atom is 0.123 e. The molecule has 5 rings (SSSR count). The fourth-order valence-corrected chi connectivity index (χ4v) is 3.71. The number of rotatable bonds is 3. The summed E-state index contributed by atoms with van der Waals surface area (Å²) in [6, 6.07) is 21.2. The fourth-order valence-electron chi connectivity index (χ4n) is 3.16. The highest BCUT2D eigenvalue weighted by molar-refractivity contribution is 6.36. The van der Waals surface area contributed by atoms with Gasteiger partial charge in [-0.05, 0) is 66.2 Å². The molecule has 0 saturated carbocycles. The van der Waals surface area contributed by atoms with E-state index in [1.54, 1.807) is 42.7 Å². The molecule has 0 aliphatic rings. The number of hydrogen-bond donors (Lipinski definition) is 1. The Bertz CT molecular complexity index is 1370. The third-order valence-electron chi connectivity index (χ3n) is 4.75. The topological polar surface area (TPSA) is 37.8 Å². The Labute approximate surface area is 207 Å². The molecule has 0 bridgehead atoms. The van der Waals surface area contributed by atoms with Crippen LogP contribution in [-0.2, 0) is 6.54 Å². The fraction of sp³-hybridized carbons (Fsp3) is 0.0769. The van der Waals surface area contributed by atoms with E-state index in [4.69, 9.17) is 34.8 Å². The molecule has 33 heavy (non-hydrogen) atoms. The molecule has 0 fully saturated rings. The number of halogens is 4.